The largest absolute Gasteiger partial charge is 0.457 e. The number of nitrogens with two attached hydrogens (primary N) is 1. The molecule has 0 spiro atoms. The monoisotopic (exact) mass is 426 g/mol. The van der Waals surface area contributed by atoms with Gasteiger partial charge in [0.25, 0.3) is 5.91 Å². The second-order valence-electron chi connectivity index (χ2n) is 7.17. The molecule has 0 bridgehead atoms. The van der Waals surface area contributed by atoms with Crippen LogP contribution in [0.3, 0.4) is 0 Å². The molecule has 2 amide bonds. The van der Waals surface area contributed by atoms with Gasteiger partial charge in [0.15, 0.2) is 0 Å². The van der Waals surface area contributed by atoms with Crippen molar-refractivity contribution in [2.24, 2.45) is 5.73 Å². The van der Waals surface area contributed by atoms with Gasteiger partial charge in [0.1, 0.15) is 11.5 Å². The van der Waals surface area contributed by atoms with Crippen molar-refractivity contribution in [1.29, 1.82) is 0 Å². The van der Waals surface area contributed by atoms with E-state index in [0.29, 0.717) is 35.7 Å². The van der Waals surface area contributed by atoms with Gasteiger partial charge in [0.05, 0.1) is 6.54 Å². The van der Waals surface area contributed by atoms with E-state index in [9.17, 15) is 9.59 Å². The smallest absolute Gasteiger partial charge is 0.251 e. The molecule has 0 aliphatic heterocycles. The minimum atomic E-state index is -0.490. The van der Waals surface area contributed by atoms with Gasteiger partial charge in [0.2, 0.25) is 5.91 Å². The summed E-state index contributed by atoms with van der Waals surface area (Å²) >= 11 is 0. The lowest BCUT2D eigenvalue weighted by atomic mass is 10.1. The van der Waals surface area contributed by atoms with Crippen LogP contribution in [0.5, 0.6) is 11.5 Å². The standard InChI is InChI=1S/C25H22N4O3/c26-24(30)18-6-10-22(11-7-18)32-23-12-8-19(9-13-23)25(31)27-16-20-4-1-2-5-21(20)17-29-15-3-14-28-29/h1-15H,16-17H2,(H2,26,30)(H,27,31). The fourth-order valence-electron chi connectivity index (χ4n) is 3.23. The number of primary amides is 1. The van der Waals surface area contributed by atoms with Gasteiger partial charge in [-0.2, -0.15) is 5.10 Å². The number of rotatable bonds is 8. The minimum Gasteiger partial charge on any atom is -0.457 e. The lowest BCUT2D eigenvalue weighted by molar-refractivity contribution is 0.0949. The fourth-order valence-corrected chi connectivity index (χ4v) is 3.23. The zero-order valence-corrected chi connectivity index (χ0v) is 17.3. The maximum atomic E-state index is 12.6. The van der Waals surface area contributed by atoms with Gasteiger partial charge in [-0.05, 0) is 65.7 Å². The van der Waals surface area contributed by atoms with Crippen molar-refractivity contribution in [2.75, 3.05) is 0 Å². The number of carbonyl (C=O) groups excluding carboxylic acids is 2. The summed E-state index contributed by atoms with van der Waals surface area (Å²) in [4.78, 5) is 23.7. The highest BCUT2D eigenvalue weighted by molar-refractivity contribution is 5.94. The predicted molar refractivity (Wildman–Crippen MR) is 120 cm³/mol. The van der Waals surface area contributed by atoms with Crippen molar-refractivity contribution < 1.29 is 14.3 Å². The highest BCUT2D eigenvalue weighted by atomic mass is 16.5. The van der Waals surface area contributed by atoms with E-state index in [1.165, 1.54) is 0 Å². The second-order valence-corrected chi connectivity index (χ2v) is 7.17. The van der Waals surface area contributed by atoms with Crippen LogP contribution in [0.15, 0.2) is 91.3 Å². The first-order chi connectivity index (χ1) is 15.6. The van der Waals surface area contributed by atoms with E-state index in [1.807, 2.05) is 41.2 Å². The number of nitrogens with zero attached hydrogens (tertiary/aromatic N) is 2. The van der Waals surface area contributed by atoms with E-state index in [1.54, 1.807) is 54.7 Å². The Morgan fingerprint density at radius 1 is 0.844 bits per heavy atom. The molecule has 0 fully saturated rings. The molecule has 4 rings (SSSR count). The van der Waals surface area contributed by atoms with E-state index in [4.69, 9.17) is 10.5 Å². The van der Waals surface area contributed by atoms with Crippen LogP contribution in [0.2, 0.25) is 0 Å². The maximum Gasteiger partial charge on any atom is 0.251 e. The number of hydrogen-bond acceptors (Lipinski definition) is 4. The van der Waals surface area contributed by atoms with Gasteiger partial charge >= 0.3 is 0 Å². The number of carbonyl (C=O) groups is 2. The third kappa shape index (κ3) is 5.20. The number of amides is 2. The lowest BCUT2D eigenvalue weighted by Crippen LogP contribution is -2.23. The summed E-state index contributed by atoms with van der Waals surface area (Å²) in [5, 5.41) is 7.21. The zero-order valence-electron chi connectivity index (χ0n) is 17.3. The molecule has 4 aromatic rings. The SMILES string of the molecule is NC(=O)c1ccc(Oc2ccc(C(=O)NCc3ccccc3Cn3cccn3)cc2)cc1. The molecule has 0 radical (unpaired) electrons. The van der Waals surface area contributed by atoms with E-state index in [0.717, 1.165) is 11.1 Å². The number of aromatic nitrogens is 2. The Labute approximate surface area is 185 Å². The highest BCUT2D eigenvalue weighted by Crippen LogP contribution is 2.22. The third-order valence-electron chi connectivity index (χ3n) is 4.94. The topological polar surface area (TPSA) is 99.2 Å². The van der Waals surface area contributed by atoms with Crippen LogP contribution < -0.4 is 15.8 Å². The maximum absolute atomic E-state index is 12.6. The molecule has 32 heavy (non-hydrogen) atoms. The Balaban J connectivity index is 1.36. The lowest BCUT2D eigenvalue weighted by Gasteiger charge is -2.11. The molecule has 0 saturated heterocycles. The summed E-state index contributed by atoms with van der Waals surface area (Å²) in [5.74, 6) is 0.492. The molecule has 0 atom stereocenters. The van der Waals surface area contributed by atoms with Crippen LogP contribution in [-0.2, 0) is 13.1 Å². The molecule has 3 aromatic carbocycles. The quantitative estimate of drug-likeness (QED) is 0.448. The third-order valence-corrected chi connectivity index (χ3v) is 4.94. The summed E-state index contributed by atoms with van der Waals surface area (Å²) in [6.45, 7) is 1.06. The van der Waals surface area contributed by atoms with Crippen molar-refractivity contribution in [3.05, 3.63) is 114 Å². The molecular formula is C25H22N4O3. The second kappa shape index (κ2) is 9.61. The molecular weight excluding hydrogens is 404 g/mol. The Morgan fingerprint density at radius 3 is 2.06 bits per heavy atom. The molecule has 3 N–H and O–H groups in total. The van der Waals surface area contributed by atoms with Crippen LogP contribution in [0.25, 0.3) is 0 Å². The normalized spacial score (nSPS) is 10.5. The molecule has 160 valence electrons. The average Bonchev–Trinajstić information content (AvgIpc) is 3.32. The molecule has 1 heterocycles. The molecule has 0 saturated carbocycles. The summed E-state index contributed by atoms with van der Waals surface area (Å²) in [6, 6.07) is 23.2. The summed E-state index contributed by atoms with van der Waals surface area (Å²) < 4.78 is 7.60. The van der Waals surface area contributed by atoms with Crippen molar-refractivity contribution in [1.82, 2.24) is 15.1 Å². The first kappa shape index (κ1) is 20.9. The summed E-state index contributed by atoms with van der Waals surface area (Å²) in [6.07, 6.45) is 3.65. The van der Waals surface area contributed by atoms with Crippen molar-refractivity contribution >= 4 is 11.8 Å². The van der Waals surface area contributed by atoms with Gasteiger partial charge in [-0.25, -0.2) is 0 Å². The molecule has 0 aliphatic rings. The Hall–Kier alpha value is -4.39. The van der Waals surface area contributed by atoms with Gasteiger partial charge in [-0.1, -0.05) is 24.3 Å². The van der Waals surface area contributed by atoms with Crippen LogP contribution in [-0.4, -0.2) is 21.6 Å². The van der Waals surface area contributed by atoms with E-state index < -0.39 is 5.91 Å². The van der Waals surface area contributed by atoms with Crippen molar-refractivity contribution in [3.63, 3.8) is 0 Å². The number of ether oxygens (including phenoxy) is 1. The Kier molecular flexibility index (Phi) is 6.27. The van der Waals surface area contributed by atoms with Gasteiger partial charge in [-0.3, -0.25) is 14.3 Å². The highest BCUT2D eigenvalue weighted by Gasteiger charge is 2.09. The molecule has 0 aliphatic carbocycles. The Morgan fingerprint density at radius 2 is 1.47 bits per heavy atom. The fraction of sp³-hybridized carbons (Fsp3) is 0.0800. The average molecular weight is 426 g/mol. The van der Waals surface area contributed by atoms with Gasteiger partial charge < -0.3 is 15.8 Å². The minimum absolute atomic E-state index is 0.170. The van der Waals surface area contributed by atoms with Gasteiger partial charge in [0, 0.05) is 30.1 Å². The number of benzene rings is 3. The van der Waals surface area contributed by atoms with Crippen LogP contribution in [0.4, 0.5) is 0 Å². The van der Waals surface area contributed by atoms with E-state index in [-0.39, 0.29) is 5.91 Å². The molecule has 7 heteroatoms. The zero-order chi connectivity index (χ0) is 22.3. The van der Waals surface area contributed by atoms with Crippen molar-refractivity contribution in [2.45, 2.75) is 13.1 Å². The van der Waals surface area contributed by atoms with Crippen LogP contribution in [0.1, 0.15) is 31.8 Å². The van der Waals surface area contributed by atoms with Crippen LogP contribution in [0, 0.1) is 0 Å². The van der Waals surface area contributed by atoms with E-state index in [2.05, 4.69) is 10.4 Å². The first-order valence-corrected chi connectivity index (χ1v) is 10.1. The molecule has 1 aromatic heterocycles. The number of nitrogens with one attached hydrogen (secondary N) is 1. The first-order valence-electron chi connectivity index (χ1n) is 10.1. The molecule has 7 nitrogen and oxygen atoms in total. The molecule has 0 unspecified atom stereocenters. The van der Waals surface area contributed by atoms with E-state index >= 15 is 0 Å². The predicted octanol–water partition coefficient (Wildman–Crippen LogP) is 3.75. The van der Waals surface area contributed by atoms with Crippen molar-refractivity contribution in [3.8, 4) is 11.5 Å². The summed E-state index contributed by atoms with van der Waals surface area (Å²) in [7, 11) is 0. The number of hydrogen-bond donors (Lipinski definition) is 2. The Bertz CT molecular complexity index is 1200. The van der Waals surface area contributed by atoms with Crippen LogP contribution >= 0.6 is 0 Å². The van der Waals surface area contributed by atoms with Gasteiger partial charge in [-0.15, -0.1) is 0 Å². The summed E-state index contributed by atoms with van der Waals surface area (Å²) in [5.41, 5.74) is 8.32.